The van der Waals surface area contributed by atoms with Crippen molar-refractivity contribution in [2.45, 2.75) is 33.2 Å². The molecule has 2 amide bonds. The molecule has 0 spiro atoms. The number of methoxy groups -OCH3 is 1. The van der Waals surface area contributed by atoms with Gasteiger partial charge < -0.3 is 9.64 Å². The minimum atomic E-state index is -0.520. The van der Waals surface area contributed by atoms with Gasteiger partial charge in [-0.25, -0.2) is 0 Å². The maximum Gasteiger partial charge on any atom is 0.265 e. The van der Waals surface area contributed by atoms with E-state index < -0.39 is 11.8 Å². The number of carbonyl (C=O) groups excluding carboxylic acids is 2. The second-order valence-electron chi connectivity index (χ2n) is 7.86. The maximum absolute atomic E-state index is 12.9. The number of thiocarbonyl (C=S) groups is 1. The summed E-state index contributed by atoms with van der Waals surface area (Å²) in [5.74, 6) is -0.380. The van der Waals surface area contributed by atoms with Crippen LogP contribution in [0.5, 0.6) is 5.75 Å². The molecule has 0 saturated carbocycles. The van der Waals surface area contributed by atoms with Gasteiger partial charge in [0.2, 0.25) is 0 Å². The van der Waals surface area contributed by atoms with Gasteiger partial charge in [0.15, 0.2) is 5.11 Å². The Morgan fingerprint density at radius 2 is 2.00 bits per heavy atom. The van der Waals surface area contributed by atoms with Crippen molar-refractivity contribution in [1.82, 2.24) is 10.2 Å². The van der Waals surface area contributed by atoms with Gasteiger partial charge in [0, 0.05) is 36.0 Å². The molecule has 1 N–H and O–H groups in total. The van der Waals surface area contributed by atoms with Crippen LogP contribution in [0.25, 0.3) is 11.6 Å². The van der Waals surface area contributed by atoms with Crippen molar-refractivity contribution in [3.8, 4) is 5.75 Å². The van der Waals surface area contributed by atoms with E-state index in [0.29, 0.717) is 11.3 Å². The fraction of sp³-hybridized carbons (Fsp3) is 0.348. The van der Waals surface area contributed by atoms with Crippen LogP contribution >= 0.6 is 12.2 Å². The van der Waals surface area contributed by atoms with Gasteiger partial charge in [0.25, 0.3) is 11.8 Å². The first-order valence-corrected chi connectivity index (χ1v) is 10.2. The molecule has 1 fully saturated rings. The van der Waals surface area contributed by atoms with Crippen LogP contribution in [0.15, 0.2) is 36.4 Å². The molecular formula is C23H27N3O3S. The van der Waals surface area contributed by atoms with Crippen molar-refractivity contribution in [3.63, 3.8) is 0 Å². The lowest BCUT2D eigenvalue weighted by molar-refractivity contribution is -0.128. The average molecular weight is 426 g/mol. The van der Waals surface area contributed by atoms with Crippen LogP contribution < -0.4 is 15.0 Å². The van der Waals surface area contributed by atoms with Crippen LogP contribution in [0.1, 0.15) is 38.8 Å². The predicted molar refractivity (Wildman–Crippen MR) is 124 cm³/mol. The molecule has 1 saturated heterocycles. The number of ether oxygens (including phenoxy) is 1. The Hall–Kier alpha value is -2.93. The van der Waals surface area contributed by atoms with Crippen molar-refractivity contribution < 1.29 is 14.3 Å². The van der Waals surface area contributed by atoms with E-state index in [2.05, 4.69) is 50.6 Å². The first kappa shape index (κ1) is 21.8. The highest BCUT2D eigenvalue weighted by atomic mass is 32.1. The lowest BCUT2D eigenvalue weighted by atomic mass is 9.87. The summed E-state index contributed by atoms with van der Waals surface area (Å²) in [6.07, 6.45) is 5.36. The Balaban J connectivity index is 2.15. The summed E-state index contributed by atoms with van der Waals surface area (Å²) in [6.45, 7) is 13.2. The summed E-state index contributed by atoms with van der Waals surface area (Å²) in [6, 6.07) is 3.94. The second kappa shape index (κ2) is 8.07. The van der Waals surface area contributed by atoms with Gasteiger partial charge in [-0.2, -0.15) is 0 Å². The van der Waals surface area contributed by atoms with E-state index in [0.717, 1.165) is 23.4 Å². The largest absolute Gasteiger partial charge is 0.496 e. The summed E-state index contributed by atoms with van der Waals surface area (Å²) in [5, 5.41) is 2.65. The molecule has 6 nitrogen and oxygen atoms in total. The van der Waals surface area contributed by atoms with Crippen LogP contribution in [0.4, 0.5) is 5.69 Å². The molecule has 0 atom stereocenters. The molecule has 0 aromatic heterocycles. The first-order valence-electron chi connectivity index (χ1n) is 9.83. The lowest BCUT2D eigenvalue weighted by Crippen LogP contribution is -2.53. The molecule has 0 unspecified atom stereocenters. The number of allylic oxidation sites excluding steroid dienone is 1. The Labute approximate surface area is 182 Å². The fourth-order valence-corrected chi connectivity index (χ4v) is 4.38. The van der Waals surface area contributed by atoms with Crippen molar-refractivity contribution in [2.75, 3.05) is 25.1 Å². The highest BCUT2D eigenvalue weighted by Gasteiger charge is 2.34. The van der Waals surface area contributed by atoms with Crippen molar-refractivity contribution in [2.24, 2.45) is 0 Å². The zero-order valence-electron chi connectivity index (χ0n) is 18.0. The topological polar surface area (TPSA) is 61.9 Å². The van der Waals surface area contributed by atoms with Gasteiger partial charge in [-0.15, -0.1) is 6.58 Å². The molecular weight excluding hydrogens is 398 g/mol. The summed E-state index contributed by atoms with van der Waals surface area (Å²) < 4.78 is 5.63. The summed E-state index contributed by atoms with van der Waals surface area (Å²) in [4.78, 5) is 29.0. The Bertz CT molecular complexity index is 1010. The summed E-state index contributed by atoms with van der Waals surface area (Å²) >= 11 is 5.12. The van der Waals surface area contributed by atoms with Crippen molar-refractivity contribution in [1.29, 1.82) is 0 Å². The van der Waals surface area contributed by atoms with Gasteiger partial charge in [0.1, 0.15) is 11.3 Å². The smallest absolute Gasteiger partial charge is 0.265 e. The Morgan fingerprint density at radius 3 is 2.60 bits per heavy atom. The minimum absolute atomic E-state index is 0.00817. The number of hydrogen-bond acceptors (Lipinski definition) is 5. The monoisotopic (exact) mass is 425 g/mol. The highest BCUT2D eigenvalue weighted by Crippen LogP contribution is 2.42. The average Bonchev–Trinajstić information content (AvgIpc) is 2.67. The molecule has 158 valence electrons. The van der Waals surface area contributed by atoms with Gasteiger partial charge in [-0.3, -0.25) is 19.8 Å². The number of rotatable bonds is 5. The molecule has 1 aromatic carbocycles. The molecule has 2 aliphatic rings. The number of fused-ring (bicyclic) bond motifs is 1. The van der Waals surface area contributed by atoms with Gasteiger partial charge in [-0.05, 0) is 57.6 Å². The normalized spacial score (nSPS) is 19.4. The third-order valence-corrected chi connectivity index (χ3v) is 5.77. The van der Waals surface area contributed by atoms with E-state index in [1.807, 2.05) is 12.1 Å². The number of anilines is 1. The van der Waals surface area contributed by atoms with Crippen molar-refractivity contribution >= 4 is 46.5 Å². The molecule has 0 aliphatic carbocycles. The number of benzene rings is 1. The van der Waals surface area contributed by atoms with Crippen LogP contribution in [-0.2, 0) is 9.59 Å². The molecule has 7 heteroatoms. The molecule has 30 heavy (non-hydrogen) atoms. The number of nitrogens with one attached hydrogen (secondary N) is 1. The molecule has 2 aliphatic heterocycles. The van der Waals surface area contributed by atoms with E-state index in [4.69, 9.17) is 17.0 Å². The van der Waals surface area contributed by atoms with Crippen molar-refractivity contribution in [3.05, 3.63) is 47.6 Å². The number of hydrogen-bond donors (Lipinski definition) is 1. The molecule has 1 aromatic rings. The third kappa shape index (κ3) is 3.65. The summed E-state index contributed by atoms with van der Waals surface area (Å²) in [5.41, 5.74) is 3.78. The number of amides is 2. The number of carbonyl (C=O) groups is 2. The fourth-order valence-electron chi connectivity index (χ4n) is 4.13. The Kier molecular flexibility index (Phi) is 5.85. The Morgan fingerprint density at radius 1 is 1.30 bits per heavy atom. The van der Waals surface area contributed by atoms with Gasteiger partial charge in [-0.1, -0.05) is 12.2 Å². The third-order valence-electron chi connectivity index (χ3n) is 5.44. The van der Waals surface area contributed by atoms with Gasteiger partial charge >= 0.3 is 0 Å². The zero-order valence-corrected chi connectivity index (χ0v) is 18.9. The SMILES string of the molecule is C=CCN1C(=O)/C(=C/c2cc3c(cc2OC)N(CC)C(C)(C)C=C3C)C(=O)NC1=S. The van der Waals surface area contributed by atoms with Crippen LogP contribution in [-0.4, -0.2) is 47.6 Å². The number of likely N-dealkylation sites (N-methyl/N-ethyl adjacent to an activating group) is 1. The first-order chi connectivity index (χ1) is 14.1. The quantitative estimate of drug-likeness (QED) is 0.338. The minimum Gasteiger partial charge on any atom is -0.496 e. The van der Waals surface area contributed by atoms with Crippen LogP contribution in [0.3, 0.4) is 0 Å². The van der Waals surface area contributed by atoms with Crippen LogP contribution in [0, 0.1) is 0 Å². The second-order valence-corrected chi connectivity index (χ2v) is 8.25. The summed E-state index contributed by atoms with van der Waals surface area (Å²) in [7, 11) is 1.58. The van der Waals surface area contributed by atoms with E-state index in [1.165, 1.54) is 4.90 Å². The van der Waals surface area contributed by atoms with Gasteiger partial charge in [0.05, 0.1) is 12.6 Å². The molecule has 0 bridgehead atoms. The van der Waals surface area contributed by atoms with E-state index >= 15 is 0 Å². The zero-order chi connectivity index (χ0) is 22.2. The van der Waals surface area contributed by atoms with E-state index in [1.54, 1.807) is 19.3 Å². The van der Waals surface area contributed by atoms with E-state index in [-0.39, 0.29) is 22.8 Å². The molecule has 3 rings (SSSR count). The molecule has 0 radical (unpaired) electrons. The highest BCUT2D eigenvalue weighted by molar-refractivity contribution is 7.80. The lowest BCUT2D eigenvalue weighted by Gasteiger charge is -2.43. The standard InChI is InChI=1S/C23H27N3O3S/c1-7-9-25-21(28)17(20(27)24-22(25)30)11-15-10-16-14(3)13-23(4,5)26(8-2)18(16)12-19(15)29-6/h7,10-13H,1,8-9H2,2-6H3,(H,24,27,30)/b17-11+. The molecule has 2 heterocycles. The van der Waals surface area contributed by atoms with Crippen LogP contribution in [0.2, 0.25) is 0 Å². The predicted octanol–water partition coefficient (Wildman–Crippen LogP) is 3.53. The maximum atomic E-state index is 12.9. The van der Waals surface area contributed by atoms with E-state index in [9.17, 15) is 9.59 Å². The number of nitrogens with zero attached hydrogens (tertiary/aromatic N) is 2.